The van der Waals surface area contributed by atoms with Gasteiger partial charge < -0.3 is 9.32 Å². The number of amides is 1. The van der Waals surface area contributed by atoms with Crippen molar-refractivity contribution in [1.29, 1.82) is 0 Å². The Kier molecular flexibility index (Phi) is 4.99. The normalized spacial score (nSPS) is 21.0. The summed E-state index contributed by atoms with van der Waals surface area (Å²) in [5, 5.41) is 0. The van der Waals surface area contributed by atoms with Crippen LogP contribution in [0.15, 0.2) is 10.6 Å². The van der Waals surface area contributed by atoms with Gasteiger partial charge in [-0.15, -0.1) is 0 Å². The molecule has 0 spiro atoms. The van der Waals surface area contributed by atoms with Gasteiger partial charge in [-0.2, -0.15) is 13.2 Å². The van der Waals surface area contributed by atoms with Gasteiger partial charge in [-0.3, -0.25) is 9.69 Å². The van der Waals surface area contributed by atoms with Crippen molar-refractivity contribution in [1.82, 2.24) is 14.8 Å². The van der Waals surface area contributed by atoms with E-state index in [1.54, 1.807) is 18.1 Å². The predicted molar refractivity (Wildman–Crippen MR) is 82.4 cm³/mol. The number of nitrogens with zero attached hydrogens (tertiary/aromatic N) is 3. The zero-order chi connectivity index (χ0) is 18.3. The first kappa shape index (κ1) is 18.8. The van der Waals surface area contributed by atoms with Crippen LogP contribution in [0.25, 0.3) is 0 Å². The molecular weight excluding hydrogens is 323 g/mol. The minimum absolute atomic E-state index is 0.110. The Morgan fingerprint density at radius 1 is 1.42 bits per heavy atom. The predicted octanol–water partition coefficient (Wildman–Crippen LogP) is 3.13. The number of oxazole rings is 1. The Morgan fingerprint density at radius 3 is 2.54 bits per heavy atom. The number of alkyl halides is 3. The molecule has 2 unspecified atom stereocenters. The van der Waals surface area contributed by atoms with Gasteiger partial charge in [-0.25, -0.2) is 4.98 Å². The van der Waals surface area contributed by atoms with Crippen molar-refractivity contribution in [2.75, 3.05) is 20.1 Å². The fourth-order valence-corrected chi connectivity index (χ4v) is 2.75. The van der Waals surface area contributed by atoms with Crippen molar-refractivity contribution in [3.05, 3.63) is 17.8 Å². The fourth-order valence-electron chi connectivity index (χ4n) is 2.75. The van der Waals surface area contributed by atoms with Gasteiger partial charge in [0.05, 0.1) is 18.3 Å². The van der Waals surface area contributed by atoms with Crippen molar-refractivity contribution in [3.8, 4) is 0 Å². The molecule has 8 heteroatoms. The van der Waals surface area contributed by atoms with Gasteiger partial charge in [0.25, 0.3) is 0 Å². The van der Waals surface area contributed by atoms with Crippen LogP contribution >= 0.6 is 0 Å². The van der Waals surface area contributed by atoms with Gasteiger partial charge in [-0.05, 0) is 20.4 Å². The SMILES string of the molecule is CC(c1ncc(C(C)(C)C)o1)N(C)C1CCN(CC(F)(F)F)C1=O. The lowest BCUT2D eigenvalue weighted by atomic mass is 9.94. The number of aromatic nitrogens is 1. The van der Waals surface area contributed by atoms with E-state index in [4.69, 9.17) is 4.42 Å². The molecule has 2 heterocycles. The number of likely N-dealkylation sites (N-methyl/N-ethyl adjacent to an activating group) is 1. The highest BCUT2D eigenvalue weighted by molar-refractivity contribution is 5.84. The van der Waals surface area contributed by atoms with E-state index in [0.717, 1.165) is 10.7 Å². The summed E-state index contributed by atoms with van der Waals surface area (Å²) in [5.74, 6) is 0.697. The highest BCUT2D eigenvalue weighted by Gasteiger charge is 2.42. The number of likely N-dealkylation sites (tertiary alicyclic amines) is 1. The maximum Gasteiger partial charge on any atom is 0.406 e. The number of rotatable bonds is 4. The Labute approximate surface area is 139 Å². The van der Waals surface area contributed by atoms with Crippen LogP contribution in [0.2, 0.25) is 0 Å². The summed E-state index contributed by atoms with van der Waals surface area (Å²) in [6.07, 6.45) is -2.35. The lowest BCUT2D eigenvalue weighted by molar-refractivity contribution is -0.159. The fraction of sp³-hybridized carbons (Fsp3) is 0.750. The minimum atomic E-state index is -4.38. The van der Waals surface area contributed by atoms with E-state index >= 15 is 0 Å². The van der Waals surface area contributed by atoms with Crippen LogP contribution in [0.3, 0.4) is 0 Å². The molecule has 136 valence electrons. The molecule has 2 rings (SSSR count). The van der Waals surface area contributed by atoms with Crippen LogP contribution in [0, 0.1) is 0 Å². The maximum atomic E-state index is 12.5. The van der Waals surface area contributed by atoms with Gasteiger partial charge in [0, 0.05) is 12.0 Å². The smallest absolute Gasteiger partial charge is 0.406 e. The summed E-state index contributed by atoms with van der Waals surface area (Å²) in [6, 6.07) is -0.895. The van der Waals surface area contributed by atoms with Gasteiger partial charge in [0.2, 0.25) is 11.8 Å². The van der Waals surface area contributed by atoms with Crippen molar-refractivity contribution >= 4 is 5.91 Å². The molecule has 1 amide bonds. The monoisotopic (exact) mass is 347 g/mol. The van der Waals surface area contributed by atoms with Gasteiger partial charge >= 0.3 is 6.18 Å². The first-order chi connectivity index (χ1) is 10.9. The molecule has 1 aromatic rings. The highest BCUT2D eigenvalue weighted by atomic mass is 19.4. The number of halogens is 3. The van der Waals surface area contributed by atoms with E-state index < -0.39 is 24.7 Å². The third-order valence-electron chi connectivity index (χ3n) is 4.36. The molecule has 0 radical (unpaired) electrons. The summed E-state index contributed by atoms with van der Waals surface area (Å²) in [7, 11) is 1.71. The summed E-state index contributed by atoms with van der Waals surface area (Å²) in [5.41, 5.74) is -0.184. The van der Waals surface area contributed by atoms with E-state index in [1.165, 1.54) is 0 Å². The molecule has 2 atom stereocenters. The number of carbonyl (C=O) groups excluding carboxylic acids is 1. The molecular formula is C16H24F3N3O2. The second kappa shape index (κ2) is 6.38. The summed E-state index contributed by atoms with van der Waals surface area (Å²) in [4.78, 5) is 19.1. The van der Waals surface area contributed by atoms with Crippen LogP contribution in [0.5, 0.6) is 0 Å². The molecule has 0 bridgehead atoms. The van der Waals surface area contributed by atoms with E-state index in [2.05, 4.69) is 4.98 Å². The van der Waals surface area contributed by atoms with E-state index in [9.17, 15) is 18.0 Å². The lowest BCUT2D eigenvalue weighted by Gasteiger charge is -2.28. The second-order valence-electron chi connectivity index (χ2n) is 7.33. The van der Waals surface area contributed by atoms with Gasteiger partial charge in [0.15, 0.2) is 0 Å². The van der Waals surface area contributed by atoms with Crippen LogP contribution in [-0.4, -0.2) is 53.0 Å². The number of hydrogen-bond donors (Lipinski definition) is 0. The van der Waals surface area contributed by atoms with Crippen LogP contribution in [0.4, 0.5) is 13.2 Å². The molecule has 1 aliphatic heterocycles. The number of hydrogen-bond acceptors (Lipinski definition) is 4. The zero-order valence-electron chi connectivity index (χ0n) is 14.6. The van der Waals surface area contributed by atoms with Crippen molar-refractivity contribution in [2.45, 2.75) is 57.8 Å². The zero-order valence-corrected chi connectivity index (χ0v) is 14.6. The van der Waals surface area contributed by atoms with Crippen LogP contribution in [0.1, 0.15) is 51.8 Å². The Hall–Kier alpha value is -1.57. The quantitative estimate of drug-likeness (QED) is 0.840. The average Bonchev–Trinajstić information content (AvgIpc) is 3.04. The molecule has 1 saturated heterocycles. The second-order valence-corrected chi connectivity index (χ2v) is 7.33. The van der Waals surface area contributed by atoms with Crippen LogP contribution in [-0.2, 0) is 10.2 Å². The summed E-state index contributed by atoms with van der Waals surface area (Å²) >= 11 is 0. The molecule has 5 nitrogen and oxygen atoms in total. The van der Waals surface area contributed by atoms with E-state index in [0.29, 0.717) is 12.3 Å². The molecule has 0 saturated carbocycles. The topological polar surface area (TPSA) is 49.6 Å². The third-order valence-corrected chi connectivity index (χ3v) is 4.36. The van der Waals surface area contributed by atoms with Crippen molar-refractivity contribution in [3.63, 3.8) is 0 Å². The van der Waals surface area contributed by atoms with Crippen LogP contribution < -0.4 is 0 Å². The van der Waals surface area contributed by atoms with Gasteiger partial charge in [0.1, 0.15) is 12.3 Å². The van der Waals surface area contributed by atoms with E-state index in [-0.39, 0.29) is 18.0 Å². The summed E-state index contributed by atoms with van der Waals surface area (Å²) in [6.45, 7) is 6.75. The first-order valence-corrected chi connectivity index (χ1v) is 7.94. The molecule has 1 fully saturated rings. The minimum Gasteiger partial charge on any atom is -0.443 e. The standard InChI is InChI=1S/C16H24F3N3O2/c1-10(13-20-8-12(24-13)15(2,3)4)21(5)11-6-7-22(14(11)23)9-16(17,18)19/h8,10-11H,6-7,9H2,1-5H3. The Balaban J connectivity index is 2.07. The van der Waals surface area contributed by atoms with Crippen molar-refractivity contribution in [2.24, 2.45) is 0 Å². The molecule has 24 heavy (non-hydrogen) atoms. The molecule has 0 N–H and O–H groups in total. The largest absolute Gasteiger partial charge is 0.443 e. The third kappa shape index (κ3) is 4.09. The van der Waals surface area contributed by atoms with Gasteiger partial charge in [-0.1, -0.05) is 20.8 Å². The van der Waals surface area contributed by atoms with E-state index in [1.807, 2.05) is 27.7 Å². The number of carbonyl (C=O) groups is 1. The molecule has 0 aromatic carbocycles. The molecule has 1 aromatic heterocycles. The summed E-state index contributed by atoms with van der Waals surface area (Å²) < 4.78 is 43.3. The maximum absolute atomic E-state index is 12.5. The molecule has 1 aliphatic rings. The average molecular weight is 347 g/mol. The Morgan fingerprint density at radius 2 is 2.04 bits per heavy atom. The first-order valence-electron chi connectivity index (χ1n) is 7.94. The molecule has 0 aliphatic carbocycles. The highest BCUT2D eigenvalue weighted by Crippen LogP contribution is 2.30. The van der Waals surface area contributed by atoms with Crippen molar-refractivity contribution < 1.29 is 22.4 Å². The lowest BCUT2D eigenvalue weighted by Crippen LogP contribution is -2.43. The Bertz CT molecular complexity index is 592.